The molecule has 18 heavy (non-hydrogen) atoms. The quantitative estimate of drug-likeness (QED) is 0.644. The first kappa shape index (κ1) is 14.3. The number of rotatable bonds is 3. The first-order chi connectivity index (χ1) is 8.47. The Balaban J connectivity index is 2.50. The third kappa shape index (κ3) is 4.27. The Morgan fingerprint density at radius 2 is 1.83 bits per heavy atom. The summed E-state index contributed by atoms with van der Waals surface area (Å²) in [5, 5.41) is 5.89. The largest absolute Gasteiger partial charge is 0.416 e. The van der Waals surface area contributed by atoms with Gasteiger partial charge in [-0.25, -0.2) is 0 Å². The van der Waals surface area contributed by atoms with Gasteiger partial charge in [0.25, 0.3) is 0 Å². The zero-order valence-corrected chi connectivity index (χ0v) is 10.3. The summed E-state index contributed by atoms with van der Waals surface area (Å²) >= 11 is 0. The van der Waals surface area contributed by atoms with Crippen molar-refractivity contribution in [2.45, 2.75) is 12.6 Å². The van der Waals surface area contributed by atoms with E-state index in [0.717, 1.165) is 17.7 Å². The Kier molecular flexibility index (Phi) is 5.00. The molecule has 100 valence electrons. The third-order valence-electron chi connectivity index (χ3n) is 2.45. The van der Waals surface area contributed by atoms with Crippen LogP contribution in [0.3, 0.4) is 0 Å². The highest BCUT2D eigenvalue weighted by Gasteiger charge is 2.29. The molecule has 0 fully saturated rings. The van der Waals surface area contributed by atoms with E-state index in [4.69, 9.17) is 0 Å². The van der Waals surface area contributed by atoms with Gasteiger partial charge in [0.2, 0.25) is 0 Å². The number of nitrogens with one attached hydrogen (secondary N) is 2. The zero-order chi connectivity index (χ0) is 13.6. The molecule has 0 aliphatic heterocycles. The van der Waals surface area contributed by atoms with Crippen molar-refractivity contribution in [3.63, 3.8) is 0 Å². The van der Waals surface area contributed by atoms with Gasteiger partial charge in [-0.1, -0.05) is 12.1 Å². The summed E-state index contributed by atoms with van der Waals surface area (Å²) in [5.74, 6) is 0.655. The van der Waals surface area contributed by atoms with Gasteiger partial charge in [0.05, 0.1) is 5.56 Å². The van der Waals surface area contributed by atoms with Crippen LogP contribution in [-0.4, -0.2) is 26.6 Å². The van der Waals surface area contributed by atoms with E-state index in [2.05, 4.69) is 15.6 Å². The number of hydrogen-bond donors (Lipinski definition) is 2. The highest BCUT2D eigenvalue weighted by molar-refractivity contribution is 5.79. The van der Waals surface area contributed by atoms with Gasteiger partial charge >= 0.3 is 6.18 Å². The van der Waals surface area contributed by atoms with Crippen LogP contribution in [0.2, 0.25) is 0 Å². The minimum Gasteiger partial charge on any atom is -0.359 e. The second-order valence-electron chi connectivity index (χ2n) is 3.69. The molecule has 0 radical (unpaired) electrons. The number of alkyl halides is 3. The maximum atomic E-state index is 12.3. The van der Waals surface area contributed by atoms with E-state index in [0.29, 0.717) is 18.9 Å². The smallest absolute Gasteiger partial charge is 0.359 e. The van der Waals surface area contributed by atoms with Crippen molar-refractivity contribution >= 4 is 5.96 Å². The van der Waals surface area contributed by atoms with Crippen LogP contribution in [0, 0.1) is 0 Å². The maximum absolute atomic E-state index is 12.3. The number of aliphatic imine (C=N–C) groups is 1. The number of hydrogen-bond acceptors (Lipinski definition) is 1. The highest BCUT2D eigenvalue weighted by Crippen LogP contribution is 2.29. The van der Waals surface area contributed by atoms with Gasteiger partial charge < -0.3 is 10.6 Å². The first-order valence-electron chi connectivity index (χ1n) is 5.52. The lowest BCUT2D eigenvalue weighted by molar-refractivity contribution is -0.137. The molecule has 1 rings (SSSR count). The van der Waals surface area contributed by atoms with Gasteiger partial charge in [0.15, 0.2) is 5.96 Å². The van der Waals surface area contributed by atoms with Crippen molar-refractivity contribution < 1.29 is 13.2 Å². The van der Waals surface area contributed by atoms with Gasteiger partial charge in [-0.2, -0.15) is 13.2 Å². The van der Waals surface area contributed by atoms with Crippen molar-refractivity contribution in [2.24, 2.45) is 4.99 Å². The SMILES string of the molecule is CN=C(NC)NCCc1ccc(C(F)(F)F)cc1. The Labute approximate surface area is 104 Å². The molecule has 0 bridgehead atoms. The minimum absolute atomic E-state index is 0.610. The summed E-state index contributed by atoms with van der Waals surface area (Å²) in [6.07, 6.45) is -3.64. The van der Waals surface area contributed by atoms with E-state index in [1.807, 2.05) is 0 Å². The Bertz CT molecular complexity index is 396. The molecule has 1 aromatic rings. The zero-order valence-electron chi connectivity index (χ0n) is 10.3. The van der Waals surface area contributed by atoms with Crippen molar-refractivity contribution in [3.05, 3.63) is 35.4 Å². The van der Waals surface area contributed by atoms with Crippen LogP contribution in [-0.2, 0) is 12.6 Å². The second kappa shape index (κ2) is 6.28. The molecule has 0 amide bonds. The van der Waals surface area contributed by atoms with Crippen LogP contribution in [0.4, 0.5) is 13.2 Å². The van der Waals surface area contributed by atoms with Crippen molar-refractivity contribution in [3.8, 4) is 0 Å². The number of nitrogens with zero attached hydrogens (tertiary/aromatic N) is 1. The van der Waals surface area contributed by atoms with E-state index in [1.165, 1.54) is 12.1 Å². The molecular formula is C12H16F3N3. The third-order valence-corrected chi connectivity index (χ3v) is 2.45. The van der Waals surface area contributed by atoms with E-state index in [1.54, 1.807) is 14.1 Å². The summed E-state index contributed by atoms with van der Waals surface area (Å²) in [6, 6.07) is 5.18. The molecular weight excluding hydrogens is 243 g/mol. The molecule has 0 saturated heterocycles. The predicted octanol–water partition coefficient (Wildman–Crippen LogP) is 2.04. The van der Waals surface area contributed by atoms with E-state index in [-0.39, 0.29) is 0 Å². The summed E-state index contributed by atoms with van der Waals surface area (Å²) in [5.41, 5.74) is 0.229. The molecule has 0 saturated carbocycles. The van der Waals surface area contributed by atoms with E-state index in [9.17, 15) is 13.2 Å². The van der Waals surface area contributed by atoms with Crippen molar-refractivity contribution in [1.82, 2.24) is 10.6 Å². The second-order valence-corrected chi connectivity index (χ2v) is 3.69. The number of benzene rings is 1. The molecule has 2 N–H and O–H groups in total. The lowest BCUT2D eigenvalue weighted by Crippen LogP contribution is -2.35. The maximum Gasteiger partial charge on any atom is 0.416 e. The molecule has 3 nitrogen and oxygen atoms in total. The van der Waals surface area contributed by atoms with Crippen LogP contribution in [0.5, 0.6) is 0 Å². The fourth-order valence-corrected chi connectivity index (χ4v) is 1.46. The average Bonchev–Trinajstić information content (AvgIpc) is 2.34. The Morgan fingerprint density at radius 3 is 2.28 bits per heavy atom. The molecule has 0 aliphatic rings. The van der Waals surface area contributed by atoms with Gasteiger partial charge in [0, 0.05) is 20.6 Å². The molecule has 0 atom stereocenters. The summed E-state index contributed by atoms with van der Waals surface area (Å²) in [4.78, 5) is 3.93. The minimum atomic E-state index is -4.27. The van der Waals surface area contributed by atoms with Gasteiger partial charge in [-0.15, -0.1) is 0 Å². The van der Waals surface area contributed by atoms with Crippen LogP contribution in [0.25, 0.3) is 0 Å². The van der Waals surface area contributed by atoms with E-state index < -0.39 is 11.7 Å². The summed E-state index contributed by atoms with van der Waals surface area (Å²) < 4.78 is 37.0. The Hall–Kier alpha value is -1.72. The molecule has 0 heterocycles. The molecule has 0 spiro atoms. The predicted molar refractivity (Wildman–Crippen MR) is 65.6 cm³/mol. The average molecular weight is 259 g/mol. The molecule has 1 aromatic carbocycles. The van der Waals surface area contributed by atoms with Crippen LogP contribution >= 0.6 is 0 Å². The topological polar surface area (TPSA) is 36.4 Å². The van der Waals surface area contributed by atoms with Gasteiger partial charge in [-0.05, 0) is 24.1 Å². The fraction of sp³-hybridized carbons (Fsp3) is 0.417. The fourth-order valence-electron chi connectivity index (χ4n) is 1.46. The standard InChI is InChI=1S/C12H16F3N3/c1-16-11(17-2)18-8-7-9-3-5-10(6-4-9)12(13,14)15/h3-6H,7-8H2,1-2H3,(H2,16,17,18). The number of halogens is 3. The molecule has 0 aliphatic carbocycles. The van der Waals surface area contributed by atoms with Crippen LogP contribution in [0.1, 0.15) is 11.1 Å². The molecule has 0 aromatic heterocycles. The van der Waals surface area contributed by atoms with Crippen molar-refractivity contribution in [2.75, 3.05) is 20.6 Å². The molecule has 0 unspecified atom stereocenters. The first-order valence-corrected chi connectivity index (χ1v) is 5.52. The highest BCUT2D eigenvalue weighted by atomic mass is 19.4. The lowest BCUT2D eigenvalue weighted by Gasteiger charge is -2.09. The summed E-state index contributed by atoms with van der Waals surface area (Å²) in [6.45, 7) is 0.610. The van der Waals surface area contributed by atoms with Gasteiger partial charge in [-0.3, -0.25) is 4.99 Å². The summed E-state index contributed by atoms with van der Waals surface area (Å²) in [7, 11) is 3.39. The molecule has 6 heteroatoms. The Morgan fingerprint density at radius 1 is 1.22 bits per heavy atom. The number of guanidine groups is 1. The van der Waals surface area contributed by atoms with Crippen LogP contribution in [0.15, 0.2) is 29.3 Å². The normalized spacial score (nSPS) is 12.4. The van der Waals surface area contributed by atoms with Crippen molar-refractivity contribution in [1.29, 1.82) is 0 Å². The van der Waals surface area contributed by atoms with Gasteiger partial charge in [0.1, 0.15) is 0 Å². The lowest BCUT2D eigenvalue weighted by atomic mass is 10.1. The van der Waals surface area contributed by atoms with Crippen LogP contribution < -0.4 is 10.6 Å². The van der Waals surface area contributed by atoms with E-state index >= 15 is 0 Å². The monoisotopic (exact) mass is 259 g/mol.